The van der Waals surface area contributed by atoms with Crippen LogP contribution in [0.15, 0.2) is 77.5 Å². The van der Waals surface area contributed by atoms with Crippen molar-refractivity contribution in [1.82, 2.24) is 10.7 Å². The van der Waals surface area contributed by atoms with Crippen LogP contribution in [0.2, 0.25) is 0 Å². The van der Waals surface area contributed by atoms with Gasteiger partial charge in [0.2, 0.25) is 0 Å². The number of rotatable bonds is 9. The first-order valence-electron chi connectivity index (χ1n) is 11.6. The first-order valence-corrected chi connectivity index (χ1v) is 12.7. The summed E-state index contributed by atoms with van der Waals surface area (Å²) in [6.45, 7) is 7.76. The Morgan fingerprint density at radius 3 is 2.33 bits per heavy atom. The Kier molecular flexibility index (Phi) is 9.63. The Hall–Kier alpha value is -3.66. The number of hydrogen-bond acceptors (Lipinski definition) is 5. The number of hydrogen-bond donors (Lipinski definition) is 3. The number of halogens is 1. The number of amides is 2. The predicted octanol–water partition coefficient (Wildman–Crippen LogP) is 5.07. The minimum absolute atomic E-state index is 0.0413. The number of carbonyl (C=O) groups is 2. The highest BCUT2D eigenvalue weighted by Crippen LogP contribution is 2.23. The molecule has 0 aliphatic carbocycles. The van der Waals surface area contributed by atoms with Crippen LogP contribution in [-0.2, 0) is 4.79 Å². The van der Waals surface area contributed by atoms with Crippen molar-refractivity contribution in [3.8, 4) is 5.75 Å². The van der Waals surface area contributed by atoms with Crippen molar-refractivity contribution in [2.45, 2.75) is 20.8 Å². The molecule has 3 aromatic rings. The number of nitrogens with zero attached hydrogens (tertiary/aromatic N) is 2. The van der Waals surface area contributed by atoms with Crippen molar-refractivity contribution in [1.29, 1.82) is 0 Å². The number of hydrazone groups is 1. The standard InChI is InChI=1S/C28H29IN4O3/c1-4-33(5-2)24-13-11-20(12-14-24)16-25(31-27(35)21-9-7-6-8-10-21)28(36)32-30-18-22-17-23(29)15-19(3)26(22)34/h6-18,34H,4-5H2,1-3H3,(H,31,35)(H,32,36)/b25-16?,30-18+. The third-order valence-electron chi connectivity index (χ3n) is 5.53. The molecule has 0 saturated carbocycles. The topological polar surface area (TPSA) is 94.0 Å². The van der Waals surface area contributed by atoms with Gasteiger partial charge in [0.1, 0.15) is 11.4 Å². The molecule has 3 rings (SSSR count). The summed E-state index contributed by atoms with van der Waals surface area (Å²) in [6.07, 6.45) is 2.97. The van der Waals surface area contributed by atoms with Crippen LogP contribution in [0, 0.1) is 10.5 Å². The summed E-state index contributed by atoms with van der Waals surface area (Å²) in [6, 6.07) is 20.0. The molecule has 2 amide bonds. The number of phenolic OH excluding ortho intramolecular Hbond substituents is 1. The predicted molar refractivity (Wildman–Crippen MR) is 153 cm³/mol. The van der Waals surface area contributed by atoms with Gasteiger partial charge in [-0.2, -0.15) is 5.10 Å². The van der Waals surface area contributed by atoms with E-state index in [1.165, 1.54) is 6.21 Å². The van der Waals surface area contributed by atoms with E-state index in [-0.39, 0.29) is 11.4 Å². The Bertz CT molecular complexity index is 1270. The highest BCUT2D eigenvalue weighted by Gasteiger charge is 2.15. The number of aromatic hydroxyl groups is 1. The first kappa shape index (κ1) is 26.9. The van der Waals surface area contributed by atoms with Gasteiger partial charge in [0.05, 0.1) is 6.21 Å². The fourth-order valence-electron chi connectivity index (χ4n) is 3.56. The number of nitrogens with one attached hydrogen (secondary N) is 2. The van der Waals surface area contributed by atoms with E-state index in [0.29, 0.717) is 16.7 Å². The van der Waals surface area contributed by atoms with E-state index < -0.39 is 11.8 Å². The SMILES string of the molecule is CCN(CC)c1ccc(C=C(NC(=O)c2ccccc2)C(=O)N/N=C/c2cc(I)cc(C)c2O)cc1. The summed E-state index contributed by atoms with van der Waals surface area (Å²) < 4.78 is 0.930. The van der Waals surface area contributed by atoms with Crippen LogP contribution in [0.5, 0.6) is 5.75 Å². The molecule has 0 atom stereocenters. The van der Waals surface area contributed by atoms with Gasteiger partial charge in [-0.05, 0) is 97.0 Å². The van der Waals surface area contributed by atoms with E-state index in [1.54, 1.807) is 43.3 Å². The van der Waals surface area contributed by atoms with E-state index >= 15 is 0 Å². The number of carbonyl (C=O) groups excluding carboxylic acids is 2. The molecule has 36 heavy (non-hydrogen) atoms. The molecule has 7 nitrogen and oxygen atoms in total. The zero-order chi connectivity index (χ0) is 26.1. The summed E-state index contributed by atoms with van der Waals surface area (Å²) in [5.41, 5.74) is 5.93. The second-order valence-electron chi connectivity index (χ2n) is 8.00. The lowest BCUT2D eigenvalue weighted by molar-refractivity contribution is -0.117. The number of anilines is 1. The lowest BCUT2D eigenvalue weighted by Gasteiger charge is -2.21. The molecule has 0 aromatic heterocycles. The summed E-state index contributed by atoms with van der Waals surface area (Å²) in [7, 11) is 0. The van der Waals surface area contributed by atoms with Crippen molar-refractivity contribution in [3.63, 3.8) is 0 Å². The fourth-order valence-corrected chi connectivity index (χ4v) is 4.36. The van der Waals surface area contributed by atoms with E-state index in [1.807, 2.05) is 36.4 Å². The smallest absolute Gasteiger partial charge is 0.287 e. The zero-order valence-corrected chi connectivity index (χ0v) is 22.6. The molecule has 0 saturated heterocycles. The van der Waals surface area contributed by atoms with E-state index in [4.69, 9.17) is 0 Å². The lowest BCUT2D eigenvalue weighted by atomic mass is 10.1. The molecule has 0 aliphatic heterocycles. The number of aryl methyl sites for hydroxylation is 1. The molecule has 0 spiro atoms. The van der Waals surface area contributed by atoms with Gasteiger partial charge in [-0.15, -0.1) is 0 Å². The molecule has 0 aliphatic rings. The molecule has 0 bridgehead atoms. The molecular formula is C28H29IN4O3. The molecular weight excluding hydrogens is 567 g/mol. The molecule has 0 radical (unpaired) electrons. The molecule has 8 heteroatoms. The van der Waals surface area contributed by atoms with Crippen LogP contribution >= 0.6 is 22.6 Å². The molecule has 3 N–H and O–H groups in total. The van der Waals surface area contributed by atoms with E-state index in [2.05, 4.69) is 57.2 Å². The zero-order valence-electron chi connectivity index (χ0n) is 20.5. The highest BCUT2D eigenvalue weighted by atomic mass is 127. The summed E-state index contributed by atoms with van der Waals surface area (Å²) in [5, 5.41) is 16.9. The molecule has 3 aromatic carbocycles. The van der Waals surface area contributed by atoms with Crippen molar-refractivity contribution < 1.29 is 14.7 Å². The third-order valence-corrected chi connectivity index (χ3v) is 6.15. The number of phenols is 1. The highest BCUT2D eigenvalue weighted by molar-refractivity contribution is 14.1. The summed E-state index contributed by atoms with van der Waals surface area (Å²) in [5.74, 6) is -0.910. The van der Waals surface area contributed by atoms with Gasteiger partial charge in [0, 0.05) is 33.5 Å². The largest absolute Gasteiger partial charge is 0.507 e. The first-order chi connectivity index (χ1) is 17.3. The van der Waals surface area contributed by atoms with Crippen molar-refractivity contribution in [3.05, 3.63) is 98.3 Å². The quantitative estimate of drug-likeness (QED) is 0.139. The monoisotopic (exact) mass is 596 g/mol. The van der Waals surface area contributed by atoms with Gasteiger partial charge in [0.15, 0.2) is 0 Å². The van der Waals surface area contributed by atoms with Gasteiger partial charge in [-0.1, -0.05) is 30.3 Å². The van der Waals surface area contributed by atoms with E-state index in [9.17, 15) is 14.7 Å². The lowest BCUT2D eigenvalue weighted by Crippen LogP contribution is -2.32. The van der Waals surface area contributed by atoms with Crippen LogP contribution in [-0.4, -0.2) is 36.2 Å². The molecule has 0 unspecified atom stereocenters. The van der Waals surface area contributed by atoms with Gasteiger partial charge >= 0.3 is 0 Å². The van der Waals surface area contributed by atoms with Gasteiger partial charge in [0.25, 0.3) is 11.8 Å². The summed E-state index contributed by atoms with van der Waals surface area (Å²) >= 11 is 2.15. The van der Waals surface area contributed by atoms with Gasteiger partial charge in [-0.25, -0.2) is 5.43 Å². The maximum Gasteiger partial charge on any atom is 0.287 e. The van der Waals surface area contributed by atoms with Crippen molar-refractivity contribution in [2.24, 2.45) is 5.10 Å². The maximum atomic E-state index is 13.0. The maximum absolute atomic E-state index is 13.0. The average Bonchev–Trinajstić information content (AvgIpc) is 2.88. The van der Waals surface area contributed by atoms with E-state index in [0.717, 1.165) is 27.9 Å². The third kappa shape index (κ3) is 7.17. The average molecular weight is 596 g/mol. The van der Waals surface area contributed by atoms with Gasteiger partial charge < -0.3 is 15.3 Å². The Labute approximate surface area is 225 Å². The molecule has 186 valence electrons. The Balaban J connectivity index is 1.85. The molecule has 0 heterocycles. The minimum Gasteiger partial charge on any atom is -0.507 e. The Morgan fingerprint density at radius 2 is 1.69 bits per heavy atom. The molecule has 0 fully saturated rings. The van der Waals surface area contributed by atoms with Crippen molar-refractivity contribution in [2.75, 3.05) is 18.0 Å². The second kappa shape index (κ2) is 12.9. The van der Waals surface area contributed by atoms with Gasteiger partial charge in [-0.3, -0.25) is 9.59 Å². The second-order valence-corrected chi connectivity index (χ2v) is 9.25. The fraction of sp³-hybridized carbons (Fsp3) is 0.179. The van der Waals surface area contributed by atoms with Crippen LogP contribution in [0.25, 0.3) is 6.08 Å². The van der Waals surface area contributed by atoms with Crippen LogP contribution in [0.4, 0.5) is 5.69 Å². The Morgan fingerprint density at radius 1 is 1.03 bits per heavy atom. The number of benzene rings is 3. The van der Waals surface area contributed by atoms with Crippen LogP contribution in [0.3, 0.4) is 0 Å². The minimum atomic E-state index is -0.592. The van der Waals surface area contributed by atoms with Crippen molar-refractivity contribution >= 4 is 52.4 Å². The normalized spacial score (nSPS) is 11.4. The van der Waals surface area contributed by atoms with Crippen LogP contribution in [0.1, 0.15) is 40.9 Å². The van der Waals surface area contributed by atoms with Crippen LogP contribution < -0.4 is 15.6 Å². The summed E-state index contributed by atoms with van der Waals surface area (Å²) in [4.78, 5) is 28.0.